The number of rotatable bonds is 8. The van der Waals surface area contributed by atoms with E-state index in [2.05, 4.69) is 19.2 Å². The van der Waals surface area contributed by atoms with E-state index < -0.39 is 5.54 Å². The summed E-state index contributed by atoms with van der Waals surface area (Å²) in [5, 5.41) is 3.40. The highest BCUT2D eigenvalue weighted by atomic mass is 16.5. The SMILES string of the molecule is CCC1CCCC(OC(C)CC(C)(NC2CC2)C(N)=O)C1. The summed E-state index contributed by atoms with van der Waals surface area (Å²) in [4.78, 5) is 11.8. The molecule has 21 heavy (non-hydrogen) atoms. The van der Waals surface area contributed by atoms with E-state index in [4.69, 9.17) is 10.5 Å². The van der Waals surface area contributed by atoms with Crippen molar-refractivity contribution in [1.82, 2.24) is 5.32 Å². The molecule has 0 bridgehead atoms. The summed E-state index contributed by atoms with van der Waals surface area (Å²) in [6, 6.07) is 0.467. The molecule has 0 radical (unpaired) electrons. The minimum atomic E-state index is -0.639. The van der Waals surface area contributed by atoms with Gasteiger partial charge in [-0.2, -0.15) is 0 Å². The van der Waals surface area contributed by atoms with E-state index in [9.17, 15) is 4.79 Å². The molecule has 4 heteroatoms. The van der Waals surface area contributed by atoms with Gasteiger partial charge in [0.25, 0.3) is 0 Å². The van der Waals surface area contributed by atoms with E-state index in [0.29, 0.717) is 18.6 Å². The maximum Gasteiger partial charge on any atom is 0.237 e. The first kappa shape index (κ1) is 16.8. The molecule has 0 aliphatic heterocycles. The lowest BCUT2D eigenvalue weighted by molar-refractivity contribution is -0.126. The Kier molecular flexibility index (Phi) is 5.67. The van der Waals surface area contributed by atoms with Gasteiger partial charge in [-0.15, -0.1) is 0 Å². The van der Waals surface area contributed by atoms with Crippen molar-refractivity contribution in [3.8, 4) is 0 Å². The number of nitrogens with one attached hydrogen (secondary N) is 1. The Morgan fingerprint density at radius 3 is 2.67 bits per heavy atom. The number of amides is 1. The van der Waals surface area contributed by atoms with Crippen LogP contribution in [0.4, 0.5) is 0 Å². The summed E-state index contributed by atoms with van der Waals surface area (Å²) in [6.45, 7) is 6.26. The van der Waals surface area contributed by atoms with Crippen LogP contribution in [0.3, 0.4) is 0 Å². The second kappa shape index (κ2) is 7.10. The third-order valence-corrected chi connectivity index (χ3v) is 5.08. The first-order valence-corrected chi connectivity index (χ1v) is 8.66. The molecular weight excluding hydrogens is 264 g/mol. The highest BCUT2D eigenvalue weighted by molar-refractivity contribution is 5.84. The molecule has 2 saturated carbocycles. The maximum absolute atomic E-state index is 11.8. The minimum absolute atomic E-state index is 0.0642. The lowest BCUT2D eigenvalue weighted by Gasteiger charge is -2.34. The van der Waals surface area contributed by atoms with Crippen molar-refractivity contribution in [2.24, 2.45) is 11.7 Å². The number of hydrogen-bond acceptors (Lipinski definition) is 3. The largest absolute Gasteiger partial charge is 0.375 e. The van der Waals surface area contributed by atoms with Gasteiger partial charge in [0.15, 0.2) is 0 Å². The highest BCUT2D eigenvalue weighted by Gasteiger charge is 2.38. The van der Waals surface area contributed by atoms with Crippen LogP contribution in [0.25, 0.3) is 0 Å². The van der Waals surface area contributed by atoms with Crippen LogP contribution >= 0.6 is 0 Å². The van der Waals surface area contributed by atoms with Gasteiger partial charge in [0.05, 0.1) is 17.7 Å². The zero-order chi connectivity index (χ0) is 15.5. The maximum atomic E-state index is 11.8. The number of ether oxygens (including phenoxy) is 1. The molecule has 4 atom stereocenters. The van der Waals surface area contributed by atoms with E-state index in [-0.39, 0.29) is 12.0 Å². The summed E-state index contributed by atoms with van der Waals surface area (Å²) in [5.41, 5.74) is 4.98. The van der Waals surface area contributed by atoms with Crippen LogP contribution in [0.15, 0.2) is 0 Å². The van der Waals surface area contributed by atoms with Gasteiger partial charge in [-0.05, 0) is 45.4 Å². The van der Waals surface area contributed by atoms with E-state index in [1.165, 1.54) is 25.7 Å². The molecule has 0 aromatic rings. The van der Waals surface area contributed by atoms with Gasteiger partial charge < -0.3 is 15.8 Å². The summed E-state index contributed by atoms with van der Waals surface area (Å²) < 4.78 is 6.22. The van der Waals surface area contributed by atoms with Gasteiger partial charge in [-0.3, -0.25) is 4.79 Å². The van der Waals surface area contributed by atoms with E-state index >= 15 is 0 Å². The number of primary amides is 1. The fraction of sp³-hybridized carbons (Fsp3) is 0.941. The van der Waals surface area contributed by atoms with Gasteiger partial charge in [0.2, 0.25) is 5.91 Å². The Labute approximate surface area is 129 Å². The van der Waals surface area contributed by atoms with Crippen LogP contribution in [-0.4, -0.2) is 29.7 Å². The Balaban J connectivity index is 1.83. The van der Waals surface area contributed by atoms with Crippen LogP contribution in [0.1, 0.15) is 72.1 Å². The first-order chi connectivity index (χ1) is 9.93. The zero-order valence-corrected chi connectivity index (χ0v) is 13.9. The van der Waals surface area contributed by atoms with Gasteiger partial charge in [0.1, 0.15) is 0 Å². The van der Waals surface area contributed by atoms with Crippen molar-refractivity contribution >= 4 is 5.91 Å². The molecule has 0 spiro atoms. The molecule has 0 aromatic heterocycles. The number of nitrogens with two attached hydrogens (primary N) is 1. The number of carbonyl (C=O) groups excluding carboxylic acids is 1. The number of carbonyl (C=O) groups is 1. The van der Waals surface area contributed by atoms with Crippen molar-refractivity contribution < 1.29 is 9.53 Å². The van der Waals surface area contributed by atoms with Crippen LogP contribution < -0.4 is 11.1 Å². The summed E-state index contributed by atoms with van der Waals surface area (Å²) in [5.74, 6) is 0.544. The fourth-order valence-corrected chi connectivity index (χ4v) is 3.60. The van der Waals surface area contributed by atoms with Crippen molar-refractivity contribution in [3.05, 3.63) is 0 Å². The molecule has 0 aromatic carbocycles. The summed E-state index contributed by atoms with van der Waals surface area (Å²) >= 11 is 0. The van der Waals surface area contributed by atoms with Crippen molar-refractivity contribution in [2.75, 3.05) is 0 Å². The van der Waals surface area contributed by atoms with E-state index in [0.717, 1.165) is 25.2 Å². The van der Waals surface area contributed by atoms with Crippen LogP contribution in [0.5, 0.6) is 0 Å². The standard InChI is InChI=1S/C17H32N2O2/c1-4-13-6-5-7-15(10-13)21-12(2)11-17(3,16(18)20)19-14-8-9-14/h12-15,19H,4-11H2,1-3H3,(H2,18,20). The van der Waals surface area contributed by atoms with Crippen LogP contribution in [0, 0.1) is 5.92 Å². The molecule has 4 nitrogen and oxygen atoms in total. The highest BCUT2D eigenvalue weighted by Crippen LogP contribution is 2.31. The van der Waals surface area contributed by atoms with Gasteiger partial charge in [-0.25, -0.2) is 0 Å². The van der Waals surface area contributed by atoms with Gasteiger partial charge in [-0.1, -0.05) is 26.2 Å². The third kappa shape index (κ3) is 4.96. The zero-order valence-electron chi connectivity index (χ0n) is 13.9. The predicted octanol–water partition coefficient (Wildman–Crippen LogP) is 2.75. The van der Waals surface area contributed by atoms with Crippen molar-refractivity contribution in [1.29, 1.82) is 0 Å². The molecule has 0 saturated heterocycles. The average molecular weight is 296 g/mol. The molecule has 2 fully saturated rings. The fourth-order valence-electron chi connectivity index (χ4n) is 3.60. The summed E-state index contributed by atoms with van der Waals surface area (Å²) in [6.07, 6.45) is 9.57. The Morgan fingerprint density at radius 2 is 2.10 bits per heavy atom. The Morgan fingerprint density at radius 1 is 1.38 bits per heavy atom. The molecule has 0 heterocycles. The van der Waals surface area contributed by atoms with E-state index in [1.54, 1.807) is 0 Å². The number of hydrogen-bond donors (Lipinski definition) is 2. The molecule has 122 valence electrons. The van der Waals surface area contributed by atoms with Crippen molar-refractivity contribution in [3.63, 3.8) is 0 Å². The first-order valence-electron chi connectivity index (χ1n) is 8.66. The molecular formula is C17H32N2O2. The third-order valence-electron chi connectivity index (χ3n) is 5.08. The van der Waals surface area contributed by atoms with Crippen LogP contribution in [-0.2, 0) is 9.53 Å². The monoisotopic (exact) mass is 296 g/mol. The van der Waals surface area contributed by atoms with Gasteiger partial charge in [0, 0.05) is 12.5 Å². The Bertz CT molecular complexity index is 357. The topological polar surface area (TPSA) is 64.3 Å². The minimum Gasteiger partial charge on any atom is -0.375 e. The molecule has 2 rings (SSSR count). The second-order valence-electron chi connectivity index (χ2n) is 7.33. The molecule has 1 amide bonds. The Hall–Kier alpha value is -0.610. The molecule has 4 unspecified atom stereocenters. The lowest BCUT2D eigenvalue weighted by atomic mass is 9.85. The lowest BCUT2D eigenvalue weighted by Crippen LogP contribution is -2.55. The van der Waals surface area contributed by atoms with E-state index in [1.807, 2.05) is 6.92 Å². The van der Waals surface area contributed by atoms with Crippen LogP contribution in [0.2, 0.25) is 0 Å². The normalized spacial score (nSPS) is 30.6. The molecule has 2 aliphatic rings. The summed E-state index contributed by atoms with van der Waals surface area (Å²) in [7, 11) is 0. The van der Waals surface area contributed by atoms with Crippen molar-refractivity contribution in [2.45, 2.75) is 95.9 Å². The molecule has 2 aliphatic carbocycles. The average Bonchev–Trinajstić information content (AvgIpc) is 3.22. The van der Waals surface area contributed by atoms with Gasteiger partial charge >= 0.3 is 0 Å². The molecule has 3 N–H and O–H groups in total. The second-order valence-corrected chi connectivity index (χ2v) is 7.33. The smallest absolute Gasteiger partial charge is 0.237 e. The predicted molar refractivity (Wildman–Crippen MR) is 85.0 cm³/mol. The quantitative estimate of drug-likeness (QED) is 0.724.